The summed E-state index contributed by atoms with van der Waals surface area (Å²) in [5.41, 5.74) is 0.603. The summed E-state index contributed by atoms with van der Waals surface area (Å²) in [5.74, 6) is 1.21. The fourth-order valence-electron chi connectivity index (χ4n) is 2.92. The number of carbonyl (C=O) groups is 1. The van der Waals surface area contributed by atoms with Crippen LogP contribution in [0.15, 0.2) is 18.2 Å². The lowest BCUT2D eigenvalue weighted by molar-refractivity contribution is -0.126. The highest BCUT2D eigenvalue weighted by Crippen LogP contribution is 2.29. The minimum Gasteiger partial charge on any atom is -0.497 e. The zero-order valence-electron chi connectivity index (χ0n) is 14.0. The molecule has 1 unspecified atom stereocenters. The Balaban J connectivity index is 1.96. The van der Waals surface area contributed by atoms with E-state index in [4.69, 9.17) is 9.47 Å². The van der Waals surface area contributed by atoms with Crippen molar-refractivity contribution in [1.82, 2.24) is 10.6 Å². The molecule has 0 bridgehead atoms. The van der Waals surface area contributed by atoms with Gasteiger partial charge < -0.3 is 25.2 Å². The number of aliphatic hydroxyl groups excluding tert-OH is 1. The number of benzene rings is 1. The average Bonchev–Trinajstić information content (AvgIpc) is 2.58. The Morgan fingerprint density at radius 1 is 1.43 bits per heavy atom. The van der Waals surface area contributed by atoms with Crippen LogP contribution < -0.4 is 20.1 Å². The van der Waals surface area contributed by atoms with Gasteiger partial charge in [-0.1, -0.05) is 0 Å². The fraction of sp³-hybridized carbons (Fsp3) is 0.588. The van der Waals surface area contributed by atoms with Crippen LogP contribution in [0.5, 0.6) is 11.5 Å². The lowest BCUT2D eigenvalue weighted by Gasteiger charge is -2.27. The number of nitrogens with one attached hydrogen (secondary N) is 2. The topological polar surface area (TPSA) is 79.8 Å². The molecular weight excluding hydrogens is 296 g/mol. The van der Waals surface area contributed by atoms with E-state index in [0.29, 0.717) is 23.1 Å². The molecular formula is C17H26N2O4. The number of amides is 1. The van der Waals surface area contributed by atoms with Crippen LogP contribution in [0.25, 0.3) is 0 Å². The molecule has 1 aliphatic heterocycles. The first-order valence-corrected chi connectivity index (χ1v) is 7.96. The van der Waals surface area contributed by atoms with E-state index in [9.17, 15) is 9.90 Å². The van der Waals surface area contributed by atoms with E-state index >= 15 is 0 Å². The second-order valence-electron chi connectivity index (χ2n) is 5.95. The van der Waals surface area contributed by atoms with E-state index in [1.165, 1.54) is 0 Å². The number of carbonyl (C=O) groups excluding carboxylic acids is 1. The third-order valence-electron chi connectivity index (χ3n) is 4.26. The molecule has 1 saturated heterocycles. The summed E-state index contributed by atoms with van der Waals surface area (Å²) in [6.45, 7) is 3.08. The highest BCUT2D eigenvalue weighted by Gasteiger charge is 2.25. The van der Waals surface area contributed by atoms with Crippen molar-refractivity contribution >= 4 is 5.91 Å². The third-order valence-corrected chi connectivity index (χ3v) is 4.26. The Labute approximate surface area is 137 Å². The molecule has 3 atom stereocenters. The van der Waals surface area contributed by atoms with Gasteiger partial charge in [-0.2, -0.15) is 0 Å². The second-order valence-corrected chi connectivity index (χ2v) is 5.95. The molecule has 1 fully saturated rings. The predicted octanol–water partition coefficient (Wildman–Crippen LogP) is 1.24. The zero-order chi connectivity index (χ0) is 16.8. The molecule has 1 heterocycles. The number of aliphatic hydroxyl groups is 1. The molecule has 3 N–H and O–H groups in total. The second kappa shape index (κ2) is 8.17. The Hall–Kier alpha value is -1.79. The minimum atomic E-state index is -0.844. The zero-order valence-corrected chi connectivity index (χ0v) is 14.0. The van der Waals surface area contributed by atoms with Gasteiger partial charge in [0.2, 0.25) is 5.91 Å². The molecule has 6 nitrogen and oxygen atoms in total. The van der Waals surface area contributed by atoms with E-state index in [-0.39, 0.29) is 18.4 Å². The number of piperidine rings is 1. The molecule has 0 aromatic heterocycles. The summed E-state index contributed by atoms with van der Waals surface area (Å²) >= 11 is 0. The molecule has 1 aromatic rings. The number of hydrogen-bond acceptors (Lipinski definition) is 5. The van der Waals surface area contributed by atoms with E-state index in [0.717, 1.165) is 19.4 Å². The molecule has 1 amide bonds. The van der Waals surface area contributed by atoms with Gasteiger partial charge in [0.05, 0.1) is 20.3 Å². The highest BCUT2D eigenvalue weighted by atomic mass is 16.5. The Morgan fingerprint density at radius 2 is 2.22 bits per heavy atom. The minimum absolute atomic E-state index is 0.000682. The lowest BCUT2D eigenvalue weighted by atomic mass is 9.92. The quantitative estimate of drug-likeness (QED) is 0.734. The van der Waals surface area contributed by atoms with Crippen LogP contribution in [0.2, 0.25) is 0 Å². The maximum atomic E-state index is 12.3. The van der Waals surface area contributed by atoms with Gasteiger partial charge in [0.25, 0.3) is 0 Å². The number of rotatable bonds is 6. The van der Waals surface area contributed by atoms with Crippen LogP contribution >= 0.6 is 0 Å². The van der Waals surface area contributed by atoms with Crippen molar-refractivity contribution in [1.29, 1.82) is 0 Å². The first-order valence-electron chi connectivity index (χ1n) is 7.96. The molecule has 23 heavy (non-hydrogen) atoms. The van der Waals surface area contributed by atoms with Crippen LogP contribution in [-0.4, -0.2) is 44.4 Å². The molecule has 2 rings (SSSR count). The molecule has 0 saturated carbocycles. The first kappa shape index (κ1) is 17.6. The molecule has 0 spiro atoms. The summed E-state index contributed by atoms with van der Waals surface area (Å²) in [6.07, 6.45) is 0.808. The Morgan fingerprint density at radius 3 is 2.87 bits per heavy atom. The SMILES string of the molecule is COc1ccc(OC)c(C(O)CNC(=O)[C@H]2CCN[C@@H](C)C2)c1. The fourth-order valence-corrected chi connectivity index (χ4v) is 2.92. The van der Waals surface area contributed by atoms with Gasteiger partial charge in [0.15, 0.2) is 0 Å². The van der Waals surface area contributed by atoms with E-state index in [1.54, 1.807) is 32.4 Å². The predicted molar refractivity (Wildman–Crippen MR) is 87.7 cm³/mol. The van der Waals surface area contributed by atoms with Gasteiger partial charge in [-0.25, -0.2) is 0 Å². The van der Waals surface area contributed by atoms with E-state index in [2.05, 4.69) is 17.6 Å². The van der Waals surface area contributed by atoms with Crippen molar-refractivity contribution in [2.75, 3.05) is 27.3 Å². The largest absolute Gasteiger partial charge is 0.497 e. The van der Waals surface area contributed by atoms with Crippen molar-refractivity contribution in [2.45, 2.75) is 31.9 Å². The maximum Gasteiger partial charge on any atom is 0.223 e. The third kappa shape index (κ3) is 4.59. The van der Waals surface area contributed by atoms with Gasteiger partial charge in [-0.15, -0.1) is 0 Å². The van der Waals surface area contributed by atoms with Crippen molar-refractivity contribution in [3.63, 3.8) is 0 Å². The first-order chi connectivity index (χ1) is 11.0. The average molecular weight is 322 g/mol. The van der Waals surface area contributed by atoms with Gasteiger partial charge in [-0.3, -0.25) is 4.79 Å². The maximum absolute atomic E-state index is 12.3. The van der Waals surface area contributed by atoms with E-state index < -0.39 is 6.10 Å². The van der Waals surface area contributed by atoms with Gasteiger partial charge in [0.1, 0.15) is 11.5 Å². The summed E-state index contributed by atoms with van der Waals surface area (Å²) in [4.78, 5) is 12.3. The van der Waals surface area contributed by atoms with Crippen molar-refractivity contribution in [2.24, 2.45) is 5.92 Å². The molecule has 0 radical (unpaired) electrons. The molecule has 1 aliphatic rings. The van der Waals surface area contributed by atoms with Crippen LogP contribution in [0, 0.1) is 5.92 Å². The Kier molecular flexibility index (Phi) is 6.24. The van der Waals surface area contributed by atoms with Crippen LogP contribution in [0.4, 0.5) is 0 Å². The van der Waals surface area contributed by atoms with Crippen LogP contribution in [0.1, 0.15) is 31.4 Å². The smallest absolute Gasteiger partial charge is 0.223 e. The van der Waals surface area contributed by atoms with Crippen molar-refractivity contribution in [3.8, 4) is 11.5 Å². The van der Waals surface area contributed by atoms with Crippen molar-refractivity contribution < 1.29 is 19.4 Å². The molecule has 1 aromatic carbocycles. The lowest BCUT2D eigenvalue weighted by Crippen LogP contribution is -2.43. The van der Waals surface area contributed by atoms with Crippen LogP contribution in [-0.2, 0) is 4.79 Å². The summed E-state index contributed by atoms with van der Waals surface area (Å²) in [5, 5.41) is 16.6. The standard InChI is InChI=1S/C17H26N2O4/c1-11-8-12(6-7-18-11)17(21)19-10-15(20)14-9-13(22-2)4-5-16(14)23-3/h4-5,9,11-12,15,18,20H,6-8,10H2,1-3H3,(H,19,21)/t11-,12-,15?/m0/s1. The van der Waals surface area contributed by atoms with Gasteiger partial charge in [-0.05, 0) is 44.5 Å². The van der Waals surface area contributed by atoms with Crippen molar-refractivity contribution in [3.05, 3.63) is 23.8 Å². The normalized spacial score (nSPS) is 22.3. The Bertz CT molecular complexity index is 535. The highest BCUT2D eigenvalue weighted by molar-refractivity contribution is 5.78. The molecule has 6 heteroatoms. The molecule has 128 valence electrons. The monoisotopic (exact) mass is 322 g/mol. The summed E-state index contributed by atoms with van der Waals surface area (Å²) in [6, 6.07) is 5.59. The van der Waals surface area contributed by atoms with Crippen LogP contribution in [0.3, 0.4) is 0 Å². The number of hydrogen-bond donors (Lipinski definition) is 3. The summed E-state index contributed by atoms with van der Waals surface area (Å²) in [7, 11) is 3.12. The summed E-state index contributed by atoms with van der Waals surface area (Å²) < 4.78 is 10.4. The van der Waals surface area contributed by atoms with E-state index in [1.807, 2.05) is 0 Å². The van der Waals surface area contributed by atoms with Gasteiger partial charge >= 0.3 is 0 Å². The van der Waals surface area contributed by atoms with Gasteiger partial charge in [0, 0.05) is 24.1 Å². The number of methoxy groups -OCH3 is 2. The number of ether oxygens (including phenoxy) is 2. The molecule has 0 aliphatic carbocycles.